The van der Waals surface area contributed by atoms with E-state index >= 15 is 0 Å². The van der Waals surface area contributed by atoms with Crippen LogP contribution in [0.25, 0.3) is 10.2 Å². The Bertz CT molecular complexity index is 1060. The second-order valence-electron chi connectivity index (χ2n) is 5.37. The molecule has 7 nitrogen and oxygen atoms in total. The Morgan fingerprint density at radius 3 is 2.85 bits per heavy atom. The van der Waals surface area contributed by atoms with Gasteiger partial charge in [-0.25, -0.2) is 4.39 Å². The standard InChI is InChI=1S/C17H14FN3O4S/c1-25-8-7-20-14-10-13(21(23)24)5-6-15(14)26-17(20)19-16(22)11-3-2-4-12(18)9-11/h2-6,9-10H,7-8H2,1H3. The largest absolute Gasteiger partial charge is 0.383 e. The average Bonchev–Trinajstić information content (AvgIpc) is 2.96. The summed E-state index contributed by atoms with van der Waals surface area (Å²) >= 11 is 1.23. The minimum absolute atomic E-state index is 0.0514. The van der Waals surface area contributed by atoms with Gasteiger partial charge in [0.2, 0.25) is 0 Å². The van der Waals surface area contributed by atoms with Gasteiger partial charge in [-0.2, -0.15) is 4.99 Å². The predicted molar refractivity (Wildman–Crippen MR) is 94.6 cm³/mol. The van der Waals surface area contributed by atoms with E-state index in [-0.39, 0.29) is 11.3 Å². The molecule has 26 heavy (non-hydrogen) atoms. The van der Waals surface area contributed by atoms with E-state index in [4.69, 9.17) is 4.74 Å². The molecule has 0 aliphatic heterocycles. The minimum Gasteiger partial charge on any atom is -0.383 e. The predicted octanol–water partition coefficient (Wildman–Crippen LogP) is 3.14. The maximum absolute atomic E-state index is 13.3. The SMILES string of the molecule is COCCn1c(=NC(=O)c2cccc(F)c2)sc2ccc([N+](=O)[O-])cc21. The van der Waals surface area contributed by atoms with Crippen LogP contribution in [0, 0.1) is 15.9 Å². The second-order valence-corrected chi connectivity index (χ2v) is 6.37. The van der Waals surface area contributed by atoms with Crippen LogP contribution in [-0.2, 0) is 11.3 Å². The summed E-state index contributed by atoms with van der Waals surface area (Å²) in [5.74, 6) is -1.11. The second kappa shape index (κ2) is 7.54. The molecular weight excluding hydrogens is 361 g/mol. The number of halogens is 1. The Kier molecular flexibility index (Phi) is 5.19. The van der Waals surface area contributed by atoms with Crippen molar-refractivity contribution in [3.63, 3.8) is 0 Å². The zero-order valence-electron chi connectivity index (χ0n) is 13.7. The van der Waals surface area contributed by atoms with Crippen LogP contribution in [-0.4, -0.2) is 29.1 Å². The first kappa shape index (κ1) is 17.9. The number of non-ortho nitro benzene ring substituents is 1. The Morgan fingerprint density at radius 1 is 1.35 bits per heavy atom. The smallest absolute Gasteiger partial charge is 0.279 e. The molecule has 0 saturated carbocycles. The lowest BCUT2D eigenvalue weighted by Gasteiger charge is -2.04. The molecule has 134 valence electrons. The van der Waals surface area contributed by atoms with Crippen molar-refractivity contribution in [3.05, 3.63) is 68.8 Å². The molecule has 0 N–H and O–H groups in total. The van der Waals surface area contributed by atoms with Gasteiger partial charge in [-0.15, -0.1) is 0 Å². The molecule has 0 radical (unpaired) electrons. The molecule has 1 heterocycles. The van der Waals surface area contributed by atoms with E-state index in [0.29, 0.717) is 23.5 Å². The number of hydrogen-bond donors (Lipinski definition) is 0. The lowest BCUT2D eigenvalue weighted by molar-refractivity contribution is -0.384. The fourth-order valence-electron chi connectivity index (χ4n) is 2.43. The molecule has 0 fully saturated rings. The number of amides is 1. The summed E-state index contributed by atoms with van der Waals surface area (Å²) in [7, 11) is 1.53. The molecule has 9 heteroatoms. The third kappa shape index (κ3) is 3.68. The lowest BCUT2D eigenvalue weighted by Crippen LogP contribution is -2.19. The number of benzene rings is 2. The van der Waals surface area contributed by atoms with Crippen molar-refractivity contribution in [2.75, 3.05) is 13.7 Å². The lowest BCUT2D eigenvalue weighted by atomic mass is 10.2. The number of methoxy groups -OCH3 is 1. The molecule has 0 aliphatic carbocycles. The number of nitro groups is 1. The number of aromatic nitrogens is 1. The first-order valence-corrected chi connectivity index (χ1v) is 8.42. The van der Waals surface area contributed by atoms with Gasteiger partial charge >= 0.3 is 0 Å². The minimum atomic E-state index is -0.586. The molecule has 0 atom stereocenters. The topological polar surface area (TPSA) is 86.7 Å². The highest BCUT2D eigenvalue weighted by molar-refractivity contribution is 7.16. The molecule has 0 unspecified atom stereocenters. The average molecular weight is 375 g/mol. The van der Waals surface area contributed by atoms with E-state index in [1.807, 2.05) is 0 Å². The molecule has 3 aromatic rings. The Hall–Kier alpha value is -2.91. The van der Waals surface area contributed by atoms with Crippen molar-refractivity contribution < 1.29 is 18.8 Å². The Balaban J connectivity index is 2.14. The van der Waals surface area contributed by atoms with Gasteiger partial charge in [0.25, 0.3) is 11.6 Å². The van der Waals surface area contributed by atoms with Crippen LogP contribution in [0.5, 0.6) is 0 Å². The van der Waals surface area contributed by atoms with E-state index in [2.05, 4.69) is 4.99 Å². The number of ether oxygens (including phenoxy) is 1. The zero-order chi connectivity index (χ0) is 18.7. The van der Waals surface area contributed by atoms with Gasteiger partial charge in [-0.1, -0.05) is 17.4 Å². The van der Waals surface area contributed by atoms with E-state index in [1.165, 1.54) is 48.8 Å². The van der Waals surface area contributed by atoms with Gasteiger partial charge in [0.05, 0.1) is 21.7 Å². The van der Waals surface area contributed by atoms with Gasteiger partial charge in [0, 0.05) is 31.4 Å². The summed E-state index contributed by atoms with van der Waals surface area (Å²) in [5.41, 5.74) is 0.670. The van der Waals surface area contributed by atoms with Crippen LogP contribution in [0.15, 0.2) is 47.5 Å². The maximum Gasteiger partial charge on any atom is 0.279 e. The molecule has 0 saturated heterocycles. The molecular formula is C17H14FN3O4S. The summed E-state index contributed by atoms with van der Waals surface area (Å²) in [5, 5.41) is 11.0. The van der Waals surface area contributed by atoms with Crippen LogP contribution in [0.3, 0.4) is 0 Å². The van der Waals surface area contributed by atoms with Gasteiger partial charge < -0.3 is 9.30 Å². The van der Waals surface area contributed by atoms with Crippen LogP contribution < -0.4 is 4.80 Å². The van der Waals surface area contributed by atoms with E-state index < -0.39 is 16.6 Å². The van der Waals surface area contributed by atoms with Crippen molar-refractivity contribution in [2.24, 2.45) is 4.99 Å². The van der Waals surface area contributed by atoms with Gasteiger partial charge in [0.15, 0.2) is 4.80 Å². The summed E-state index contributed by atoms with van der Waals surface area (Å²) in [6.07, 6.45) is 0. The molecule has 1 aromatic heterocycles. The molecule has 3 rings (SSSR count). The van der Waals surface area contributed by atoms with Crippen molar-refractivity contribution in [1.29, 1.82) is 0 Å². The highest BCUT2D eigenvalue weighted by atomic mass is 32.1. The number of nitrogens with zero attached hydrogens (tertiary/aromatic N) is 3. The van der Waals surface area contributed by atoms with E-state index in [9.17, 15) is 19.3 Å². The van der Waals surface area contributed by atoms with Crippen LogP contribution >= 0.6 is 11.3 Å². The van der Waals surface area contributed by atoms with Gasteiger partial charge in [-0.05, 0) is 24.3 Å². The molecule has 2 aromatic carbocycles. The van der Waals surface area contributed by atoms with Crippen molar-refractivity contribution >= 4 is 33.1 Å². The quantitative estimate of drug-likeness (QED) is 0.506. The number of carbonyl (C=O) groups is 1. The number of carbonyl (C=O) groups excluding carboxylic acids is 1. The van der Waals surface area contributed by atoms with Crippen molar-refractivity contribution in [1.82, 2.24) is 4.57 Å². The van der Waals surface area contributed by atoms with Crippen LogP contribution in [0.4, 0.5) is 10.1 Å². The number of nitro benzene ring substituents is 1. The molecule has 0 aliphatic rings. The molecule has 1 amide bonds. The summed E-state index contributed by atoms with van der Waals surface area (Å²) < 4.78 is 20.8. The monoisotopic (exact) mass is 375 g/mol. The molecule has 0 bridgehead atoms. The zero-order valence-corrected chi connectivity index (χ0v) is 14.5. The van der Waals surface area contributed by atoms with Gasteiger partial charge in [-0.3, -0.25) is 14.9 Å². The maximum atomic E-state index is 13.3. The highest BCUT2D eigenvalue weighted by Gasteiger charge is 2.13. The van der Waals surface area contributed by atoms with E-state index in [0.717, 1.165) is 10.8 Å². The van der Waals surface area contributed by atoms with Crippen LogP contribution in [0.2, 0.25) is 0 Å². The highest BCUT2D eigenvalue weighted by Crippen LogP contribution is 2.23. The fraction of sp³-hybridized carbons (Fsp3) is 0.176. The summed E-state index contributed by atoms with van der Waals surface area (Å²) in [6, 6.07) is 9.73. The number of fused-ring (bicyclic) bond motifs is 1. The number of thiazole rings is 1. The number of rotatable bonds is 5. The fourth-order valence-corrected chi connectivity index (χ4v) is 3.46. The number of hydrogen-bond acceptors (Lipinski definition) is 5. The van der Waals surface area contributed by atoms with Crippen molar-refractivity contribution in [3.8, 4) is 0 Å². The first-order chi connectivity index (χ1) is 12.5. The third-order valence-electron chi connectivity index (χ3n) is 3.66. The van der Waals surface area contributed by atoms with Gasteiger partial charge in [0.1, 0.15) is 5.82 Å². The Labute approximate surface area is 151 Å². The van der Waals surface area contributed by atoms with E-state index in [1.54, 1.807) is 10.6 Å². The summed E-state index contributed by atoms with van der Waals surface area (Å²) in [6.45, 7) is 0.711. The first-order valence-electron chi connectivity index (χ1n) is 7.61. The Morgan fingerprint density at radius 2 is 2.15 bits per heavy atom. The summed E-state index contributed by atoms with van der Waals surface area (Å²) in [4.78, 5) is 27.4. The third-order valence-corrected chi connectivity index (χ3v) is 4.72. The molecule has 0 spiro atoms. The normalized spacial score (nSPS) is 11.8. The van der Waals surface area contributed by atoms with Crippen LogP contribution in [0.1, 0.15) is 10.4 Å². The van der Waals surface area contributed by atoms with Crippen molar-refractivity contribution in [2.45, 2.75) is 6.54 Å².